The van der Waals surface area contributed by atoms with Crippen LogP contribution in [0.15, 0.2) is 82.2 Å². The van der Waals surface area contributed by atoms with Crippen molar-refractivity contribution in [3.63, 3.8) is 0 Å². The lowest BCUT2D eigenvalue weighted by atomic mass is 10.1. The fourth-order valence-electron chi connectivity index (χ4n) is 3.44. The molecule has 1 aliphatic rings. The molecule has 0 unspecified atom stereocenters. The van der Waals surface area contributed by atoms with Crippen molar-refractivity contribution in [3.8, 4) is 0 Å². The summed E-state index contributed by atoms with van der Waals surface area (Å²) in [6.07, 6.45) is 0. The van der Waals surface area contributed by atoms with E-state index in [1.165, 1.54) is 12.1 Å². The van der Waals surface area contributed by atoms with Gasteiger partial charge >= 0.3 is 0 Å². The summed E-state index contributed by atoms with van der Waals surface area (Å²) in [5.41, 5.74) is 1.99. The third-order valence-electron chi connectivity index (χ3n) is 5.04. The first kappa shape index (κ1) is 22.3. The first-order valence-corrected chi connectivity index (χ1v) is 12.3. The number of anilines is 3. The quantitative estimate of drug-likeness (QED) is 0.509. The smallest absolute Gasteiger partial charge is 0.261 e. The zero-order valence-electron chi connectivity index (χ0n) is 17.1. The topological polar surface area (TPSA) is 87.7 Å². The molecule has 0 radical (unpaired) electrons. The maximum absolute atomic E-state index is 13.1. The van der Waals surface area contributed by atoms with Crippen LogP contribution < -0.4 is 14.9 Å². The first-order valence-electron chi connectivity index (χ1n) is 10.0. The number of carbonyl (C=O) groups is 1. The van der Waals surface area contributed by atoms with Crippen LogP contribution in [-0.4, -0.2) is 40.6 Å². The van der Waals surface area contributed by atoms with E-state index in [2.05, 4.69) is 30.9 Å². The first-order chi connectivity index (χ1) is 15.4. The van der Waals surface area contributed by atoms with E-state index in [1.54, 1.807) is 36.4 Å². The van der Waals surface area contributed by atoms with Gasteiger partial charge < -0.3 is 15.0 Å². The number of para-hydroxylation sites is 3. The Morgan fingerprint density at radius 3 is 2.22 bits per heavy atom. The predicted octanol–water partition coefficient (Wildman–Crippen LogP) is 4.34. The number of amides is 1. The zero-order chi connectivity index (χ0) is 22.6. The summed E-state index contributed by atoms with van der Waals surface area (Å²) in [5, 5.41) is 2.94. The molecule has 9 heteroatoms. The molecular weight excluding hydrogens is 494 g/mol. The monoisotopic (exact) mass is 515 g/mol. The highest BCUT2D eigenvalue weighted by Gasteiger charge is 2.20. The van der Waals surface area contributed by atoms with E-state index in [-0.39, 0.29) is 16.1 Å². The van der Waals surface area contributed by atoms with Crippen LogP contribution in [0, 0.1) is 0 Å². The summed E-state index contributed by atoms with van der Waals surface area (Å²) < 4.78 is 34.4. The standard InChI is InChI=1S/C23H22BrN3O4S/c24-17-9-11-18(12-10-17)32(29,30)26-20-6-2-1-5-19(20)23(28)25-21-7-3-4-8-22(21)27-13-15-31-16-14-27/h1-12,26H,13-16H2,(H,25,28). The van der Waals surface area contributed by atoms with Gasteiger partial charge in [-0.3, -0.25) is 9.52 Å². The summed E-state index contributed by atoms with van der Waals surface area (Å²) in [6, 6.07) is 20.4. The summed E-state index contributed by atoms with van der Waals surface area (Å²) >= 11 is 3.30. The van der Waals surface area contributed by atoms with Gasteiger partial charge in [0.2, 0.25) is 0 Å². The van der Waals surface area contributed by atoms with Gasteiger partial charge in [0.1, 0.15) is 0 Å². The summed E-state index contributed by atoms with van der Waals surface area (Å²) in [5.74, 6) is -0.403. The van der Waals surface area contributed by atoms with E-state index in [0.717, 1.165) is 23.2 Å². The number of halogens is 1. The largest absolute Gasteiger partial charge is 0.378 e. The molecule has 1 amide bonds. The second kappa shape index (κ2) is 9.72. The van der Waals surface area contributed by atoms with Crippen LogP contribution in [0.5, 0.6) is 0 Å². The molecule has 166 valence electrons. The number of nitrogens with zero attached hydrogens (tertiary/aromatic N) is 1. The minimum Gasteiger partial charge on any atom is -0.378 e. The molecule has 0 atom stereocenters. The average molecular weight is 516 g/mol. The lowest BCUT2D eigenvalue weighted by Gasteiger charge is -2.30. The maximum atomic E-state index is 13.1. The molecule has 0 saturated carbocycles. The number of ether oxygens (including phenoxy) is 1. The molecule has 0 spiro atoms. The van der Waals surface area contributed by atoms with Crippen molar-refractivity contribution in [1.29, 1.82) is 0 Å². The number of benzene rings is 3. The van der Waals surface area contributed by atoms with Gasteiger partial charge in [-0.25, -0.2) is 8.42 Å². The highest BCUT2D eigenvalue weighted by Crippen LogP contribution is 2.28. The van der Waals surface area contributed by atoms with Crippen LogP contribution in [0.4, 0.5) is 17.1 Å². The van der Waals surface area contributed by atoms with E-state index < -0.39 is 15.9 Å². The molecule has 3 aromatic rings. The molecular formula is C23H22BrN3O4S. The van der Waals surface area contributed by atoms with Gasteiger partial charge in [0.05, 0.1) is 40.7 Å². The molecule has 3 aromatic carbocycles. The molecule has 0 aromatic heterocycles. The number of sulfonamides is 1. The maximum Gasteiger partial charge on any atom is 0.261 e. The number of rotatable bonds is 6. The van der Waals surface area contributed by atoms with Crippen LogP contribution in [0.2, 0.25) is 0 Å². The Kier molecular flexibility index (Phi) is 6.78. The van der Waals surface area contributed by atoms with Gasteiger partial charge in [-0.15, -0.1) is 0 Å². The Morgan fingerprint density at radius 1 is 0.875 bits per heavy atom. The minimum atomic E-state index is -3.86. The predicted molar refractivity (Wildman–Crippen MR) is 129 cm³/mol. The third kappa shape index (κ3) is 5.12. The lowest BCUT2D eigenvalue weighted by Crippen LogP contribution is -2.36. The van der Waals surface area contributed by atoms with Crippen LogP contribution in [0.25, 0.3) is 0 Å². The van der Waals surface area contributed by atoms with Gasteiger partial charge in [0.25, 0.3) is 15.9 Å². The summed E-state index contributed by atoms with van der Waals surface area (Å²) in [6.45, 7) is 2.72. The van der Waals surface area contributed by atoms with E-state index >= 15 is 0 Å². The Hall–Kier alpha value is -2.88. The Balaban J connectivity index is 1.58. The number of hydrogen-bond donors (Lipinski definition) is 2. The number of carbonyl (C=O) groups excluding carboxylic acids is 1. The van der Waals surface area contributed by atoms with Crippen molar-refractivity contribution in [2.24, 2.45) is 0 Å². The van der Waals surface area contributed by atoms with Crippen LogP contribution >= 0.6 is 15.9 Å². The van der Waals surface area contributed by atoms with Crippen LogP contribution in [0.1, 0.15) is 10.4 Å². The van der Waals surface area contributed by atoms with Crippen LogP contribution in [-0.2, 0) is 14.8 Å². The number of nitrogens with one attached hydrogen (secondary N) is 2. The van der Waals surface area contributed by atoms with Gasteiger partial charge in [-0.2, -0.15) is 0 Å². The minimum absolute atomic E-state index is 0.105. The van der Waals surface area contributed by atoms with E-state index in [4.69, 9.17) is 4.74 Å². The average Bonchev–Trinajstić information content (AvgIpc) is 2.80. The molecule has 1 aliphatic heterocycles. The Morgan fingerprint density at radius 2 is 1.50 bits per heavy atom. The zero-order valence-corrected chi connectivity index (χ0v) is 19.5. The third-order valence-corrected chi connectivity index (χ3v) is 6.95. The van der Waals surface area contributed by atoms with Gasteiger partial charge in [-0.1, -0.05) is 40.2 Å². The second-order valence-corrected chi connectivity index (χ2v) is 9.77. The van der Waals surface area contributed by atoms with Gasteiger partial charge in [-0.05, 0) is 48.5 Å². The van der Waals surface area contributed by atoms with Crippen LogP contribution in [0.3, 0.4) is 0 Å². The van der Waals surface area contributed by atoms with Crippen molar-refractivity contribution in [1.82, 2.24) is 0 Å². The van der Waals surface area contributed by atoms with Crippen molar-refractivity contribution in [2.45, 2.75) is 4.90 Å². The molecule has 1 heterocycles. The van der Waals surface area contributed by atoms with Crippen molar-refractivity contribution < 1.29 is 17.9 Å². The van der Waals surface area contributed by atoms with E-state index in [0.29, 0.717) is 18.9 Å². The molecule has 2 N–H and O–H groups in total. The van der Waals surface area contributed by atoms with Gasteiger partial charge in [0, 0.05) is 17.6 Å². The Labute approximate surface area is 195 Å². The van der Waals surface area contributed by atoms with E-state index in [9.17, 15) is 13.2 Å². The Bertz CT molecular complexity index is 1210. The van der Waals surface area contributed by atoms with Crippen molar-refractivity contribution in [3.05, 3.63) is 82.8 Å². The van der Waals surface area contributed by atoms with Crippen molar-refractivity contribution >= 4 is 48.9 Å². The molecule has 1 saturated heterocycles. The highest BCUT2D eigenvalue weighted by atomic mass is 79.9. The molecule has 1 fully saturated rings. The fourth-order valence-corrected chi connectivity index (χ4v) is 4.78. The number of hydrogen-bond acceptors (Lipinski definition) is 5. The normalized spacial score (nSPS) is 14.1. The highest BCUT2D eigenvalue weighted by molar-refractivity contribution is 9.10. The van der Waals surface area contributed by atoms with Gasteiger partial charge in [0.15, 0.2) is 0 Å². The van der Waals surface area contributed by atoms with E-state index in [1.807, 2.05) is 24.3 Å². The SMILES string of the molecule is O=C(Nc1ccccc1N1CCOCC1)c1ccccc1NS(=O)(=O)c1ccc(Br)cc1. The second-order valence-electron chi connectivity index (χ2n) is 7.18. The summed E-state index contributed by atoms with van der Waals surface area (Å²) in [4.78, 5) is 15.4. The van der Waals surface area contributed by atoms with Crippen molar-refractivity contribution in [2.75, 3.05) is 41.2 Å². The molecule has 32 heavy (non-hydrogen) atoms. The lowest BCUT2D eigenvalue weighted by molar-refractivity contribution is 0.102. The molecule has 7 nitrogen and oxygen atoms in total. The molecule has 0 aliphatic carbocycles. The summed E-state index contributed by atoms with van der Waals surface area (Å²) in [7, 11) is -3.86. The molecule has 0 bridgehead atoms. The fraction of sp³-hybridized carbons (Fsp3) is 0.174. The number of morpholine rings is 1. The molecule has 4 rings (SSSR count).